The lowest BCUT2D eigenvalue weighted by Crippen LogP contribution is -1.80. The number of rotatable bonds is 3. The quantitative estimate of drug-likeness (QED) is 0.593. The Hall–Kier alpha value is -0.720. The van der Waals surface area contributed by atoms with Crippen LogP contribution >= 0.6 is 0 Å². The van der Waals surface area contributed by atoms with Gasteiger partial charge in [0.25, 0.3) is 0 Å². The van der Waals surface area contributed by atoms with Gasteiger partial charge in [-0.3, -0.25) is 0 Å². The summed E-state index contributed by atoms with van der Waals surface area (Å²) in [5, 5.41) is 0. The van der Waals surface area contributed by atoms with Gasteiger partial charge in [0.05, 0.1) is 0 Å². The number of nitrogens with two attached hydrogens (primary N) is 1. The van der Waals surface area contributed by atoms with Gasteiger partial charge in [-0.1, -0.05) is 12.2 Å². The van der Waals surface area contributed by atoms with Crippen molar-refractivity contribution >= 4 is 0 Å². The molecule has 0 aliphatic heterocycles. The van der Waals surface area contributed by atoms with E-state index in [0.29, 0.717) is 0 Å². The van der Waals surface area contributed by atoms with Gasteiger partial charge >= 0.3 is 0 Å². The molecule has 0 atom stereocenters. The third kappa shape index (κ3) is 2.72. The Morgan fingerprint density at radius 1 is 1.60 bits per heavy atom. The van der Waals surface area contributed by atoms with Crippen LogP contribution in [0.1, 0.15) is 26.2 Å². The molecule has 1 aliphatic carbocycles. The van der Waals surface area contributed by atoms with E-state index in [9.17, 15) is 0 Å². The second kappa shape index (κ2) is 3.45. The fourth-order valence-corrected chi connectivity index (χ4v) is 0.855. The van der Waals surface area contributed by atoms with Crippen LogP contribution in [-0.2, 0) is 0 Å². The Balaban J connectivity index is 2.14. The third-order valence-corrected chi connectivity index (χ3v) is 1.81. The number of allylic oxidation sites excluding steroid dienone is 3. The molecule has 0 aromatic carbocycles. The lowest BCUT2D eigenvalue weighted by Gasteiger charge is -1.87. The molecule has 0 radical (unpaired) electrons. The van der Waals surface area contributed by atoms with Gasteiger partial charge in [0.1, 0.15) is 0 Å². The number of hydrogen-bond acceptors (Lipinski definition) is 1. The SMILES string of the molecule is CC(/C=C\CC1CC1)=C/N. The summed E-state index contributed by atoms with van der Waals surface area (Å²) in [7, 11) is 0. The summed E-state index contributed by atoms with van der Waals surface area (Å²) in [5.41, 5.74) is 6.44. The van der Waals surface area contributed by atoms with Crippen LogP contribution in [-0.4, -0.2) is 0 Å². The highest BCUT2D eigenvalue weighted by Gasteiger charge is 2.18. The molecule has 56 valence electrons. The smallest absolute Gasteiger partial charge is 0.00327 e. The zero-order valence-electron chi connectivity index (χ0n) is 6.51. The van der Waals surface area contributed by atoms with Crippen molar-refractivity contribution in [3.05, 3.63) is 23.9 Å². The Kier molecular flexibility index (Phi) is 2.55. The predicted molar refractivity (Wildman–Crippen MR) is 44.4 cm³/mol. The molecular weight excluding hydrogens is 122 g/mol. The average Bonchev–Trinajstić information content (AvgIpc) is 2.71. The highest BCUT2D eigenvalue weighted by atomic mass is 14.5. The van der Waals surface area contributed by atoms with E-state index in [1.54, 1.807) is 6.20 Å². The second-order valence-electron chi connectivity index (χ2n) is 2.99. The second-order valence-corrected chi connectivity index (χ2v) is 2.99. The first-order chi connectivity index (χ1) is 4.83. The van der Waals surface area contributed by atoms with E-state index < -0.39 is 0 Å². The van der Waals surface area contributed by atoms with Crippen LogP contribution in [0.4, 0.5) is 0 Å². The van der Waals surface area contributed by atoms with Gasteiger partial charge in [-0.25, -0.2) is 0 Å². The van der Waals surface area contributed by atoms with Gasteiger partial charge in [0.15, 0.2) is 0 Å². The molecule has 0 heterocycles. The lowest BCUT2D eigenvalue weighted by atomic mass is 10.2. The summed E-state index contributed by atoms with van der Waals surface area (Å²) in [6.45, 7) is 2.02. The summed E-state index contributed by atoms with van der Waals surface area (Å²) < 4.78 is 0. The van der Waals surface area contributed by atoms with Crippen molar-refractivity contribution in [1.29, 1.82) is 0 Å². The molecule has 0 amide bonds. The van der Waals surface area contributed by atoms with Gasteiger partial charge in [-0.05, 0) is 43.9 Å². The molecule has 1 saturated carbocycles. The topological polar surface area (TPSA) is 26.0 Å². The Morgan fingerprint density at radius 3 is 2.80 bits per heavy atom. The average molecular weight is 137 g/mol. The van der Waals surface area contributed by atoms with Crippen LogP contribution in [0.2, 0.25) is 0 Å². The lowest BCUT2D eigenvalue weighted by molar-refractivity contribution is 0.862. The van der Waals surface area contributed by atoms with E-state index in [-0.39, 0.29) is 0 Å². The first-order valence-corrected chi connectivity index (χ1v) is 3.88. The zero-order valence-corrected chi connectivity index (χ0v) is 6.51. The highest BCUT2D eigenvalue weighted by molar-refractivity contribution is 5.14. The minimum absolute atomic E-state index is 0.988. The molecule has 0 saturated heterocycles. The first kappa shape index (κ1) is 7.39. The van der Waals surface area contributed by atoms with Gasteiger partial charge < -0.3 is 5.73 Å². The summed E-state index contributed by atoms with van der Waals surface area (Å²) in [6.07, 6.45) is 10.1. The van der Waals surface area contributed by atoms with Crippen molar-refractivity contribution < 1.29 is 0 Å². The van der Waals surface area contributed by atoms with E-state index in [0.717, 1.165) is 11.5 Å². The predicted octanol–water partition coefficient (Wildman–Crippen LogP) is 2.21. The van der Waals surface area contributed by atoms with Gasteiger partial charge in [-0.15, -0.1) is 0 Å². The van der Waals surface area contributed by atoms with Crippen LogP contribution in [0, 0.1) is 5.92 Å². The maximum Gasteiger partial charge on any atom is -0.00327 e. The van der Waals surface area contributed by atoms with Gasteiger partial charge in [-0.2, -0.15) is 0 Å². The maximum absolute atomic E-state index is 5.29. The molecule has 1 heteroatoms. The fraction of sp³-hybridized carbons (Fsp3) is 0.556. The highest BCUT2D eigenvalue weighted by Crippen LogP contribution is 2.32. The molecule has 2 N–H and O–H groups in total. The molecule has 0 aromatic rings. The molecule has 1 nitrogen and oxygen atoms in total. The van der Waals surface area contributed by atoms with E-state index in [4.69, 9.17) is 5.73 Å². The van der Waals surface area contributed by atoms with Crippen LogP contribution in [0.3, 0.4) is 0 Å². The molecular formula is C9H15N. The summed E-state index contributed by atoms with van der Waals surface area (Å²) in [5.74, 6) is 0.988. The molecule has 0 bridgehead atoms. The normalized spacial score (nSPS) is 20.3. The zero-order chi connectivity index (χ0) is 7.40. The maximum atomic E-state index is 5.29. The Bertz CT molecular complexity index is 152. The minimum Gasteiger partial charge on any atom is -0.404 e. The van der Waals surface area contributed by atoms with Crippen LogP contribution in [0.5, 0.6) is 0 Å². The summed E-state index contributed by atoms with van der Waals surface area (Å²) in [6, 6.07) is 0. The summed E-state index contributed by atoms with van der Waals surface area (Å²) in [4.78, 5) is 0. The molecule has 10 heavy (non-hydrogen) atoms. The molecule has 1 rings (SSSR count). The van der Waals surface area contributed by atoms with Crippen molar-refractivity contribution in [2.45, 2.75) is 26.2 Å². The van der Waals surface area contributed by atoms with E-state index in [2.05, 4.69) is 12.2 Å². The Labute approximate surface area is 62.6 Å². The Morgan fingerprint density at radius 2 is 2.30 bits per heavy atom. The molecule has 0 spiro atoms. The molecule has 1 aliphatic rings. The van der Waals surface area contributed by atoms with Gasteiger partial charge in [0.2, 0.25) is 0 Å². The van der Waals surface area contributed by atoms with Gasteiger partial charge in [0, 0.05) is 0 Å². The first-order valence-electron chi connectivity index (χ1n) is 3.88. The minimum atomic E-state index is 0.988. The molecule has 0 aromatic heterocycles. The van der Waals surface area contributed by atoms with Crippen molar-refractivity contribution in [2.75, 3.05) is 0 Å². The van der Waals surface area contributed by atoms with Crippen LogP contribution in [0.15, 0.2) is 23.9 Å². The van der Waals surface area contributed by atoms with Crippen molar-refractivity contribution in [2.24, 2.45) is 11.7 Å². The fourth-order valence-electron chi connectivity index (χ4n) is 0.855. The third-order valence-electron chi connectivity index (χ3n) is 1.81. The summed E-state index contributed by atoms with van der Waals surface area (Å²) >= 11 is 0. The van der Waals surface area contributed by atoms with Crippen molar-refractivity contribution in [3.8, 4) is 0 Å². The van der Waals surface area contributed by atoms with Crippen LogP contribution < -0.4 is 5.73 Å². The molecule has 0 unspecified atom stereocenters. The van der Waals surface area contributed by atoms with E-state index >= 15 is 0 Å². The molecule has 1 fully saturated rings. The van der Waals surface area contributed by atoms with E-state index in [1.807, 2.05) is 6.92 Å². The van der Waals surface area contributed by atoms with E-state index in [1.165, 1.54) is 19.3 Å². The van der Waals surface area contributed by atoms with Crippen molar-refractivity contribution in [1.82, 2.24) is 0 Å². The van der Waals surface area contributed by atoms with Crippen LogP contribution in [0.25, 0.3) is 0 Å². The standard InChI is InChI=1S/C9H15N/c1-8(7-10)3-2-4-9-5-6-9/h2-3,7,9H,4-6,10H2,1H3/b3-2-,8-7-. The number of hydrogen-bond donors (Lipinski definition) is 1. The van der Waals surface area contributed by atoms with Crippen molar-refractivity contribution in [3.63, 3.8) is 0 Å². The monoisotopic (exact) mass is 137 g/mol. The largest absolute Gasteiger partial charge is 0.404 e.